The molecule has 0 fully saturated rings. The molecule has 0 rings (SSSR count). The van der Waals surface area contributed by atoms with E-state index in [4.69, 9.17) is 20.9 Å². The Bertz CT molecular complexity index is 1060. The van der Waals surface area contributed by atoms with E-state index in [9.17, 15) is 4.79 Å². The summed E-state index contributed by atoms with van der Waals surface area (Å²) >= 11 is 0. The van der Waals surface area contributed by atoms with Gasteiger partial charge in [0.1, 0.15) is 0 Å². The lowest BCUT2D eigenvalue weighted by molar-refractivity contribution is -0.133. The molecule has 0 bridgehead atoms. The first-order valence-corrected chi connectivity index (χ1v) is 42.4. The molecule has 0 saturated carbocycles. The SMILES string of the molecule is CCCCC[Si](CCCCC)(CCCCC)O[Si](CCCCC)(CCCCC)O[Si](CCCCC)(CCCCC)O[Si](CCCCC)(CCCCC)O[Si](CCCCC)(CCCCC)OC(C)=O. The average Bonchev–Trinajstić information content (AvgIpc) is 3.30. The Balaban J connectivity index is 8.79. The van der Waals surface area contributed by atoms with Gasteiger partial charge in [-0.1, -0.05) is 288 Å². The van der Waals surface area contributed by atoms with Crippen LogP contribution in [0.2, 0.25) is 66.5 Å². The Morgan fingerprint density at radius 2 is 0.426 bits per heavy atom. The number of unbranched alkanes of at least 4 members (excludes halogenated alkanes) is 22. The zero-order valence-electron chi connectivity index (χ0n) is 48.6. The number of hydrogen-bond donors (Lipinski definition) is 0. The summed E-state index contributed by atoms with van der Waals surface area (Å²) in [5, 5.41) is 0. The molecule has 0 heterocycles. The van der Waals surface area contributed by atoms with Crippen LogP contribution in [0.3, 0.4) is 0 Å². The maximum absolute atomic E-state index is 13.5. The fourth-order valence-corrected chi connectivity index (χ4v) is 42.3. The Labute approximate surface area is 433 Å². The molecule has 6 nitrogen and oxygen atoms in total. The van der Waals surface area contributed by atoms with E-state index < -0.39 is 42.6 Å². The second-order valence-corrected chi connectivity index (χ2v) is 40.5. The van der Waals surface area contributed by atoms with Crippen LogP contribution in [0.15, 0.2) is 0 Å². The minimum Gasteiger partial charge on any atom is -0.495 e. The molecule has 0 unspecified atom stereocenters. The van der Waals surface area contributed by atoms with Gasteiger partial charge in [-0.05, 0) is 54.4 Å². The van der Waals surface area contributed by atoms with Gasteiger partial charge in [0.25, 0.3) is 5.97 Å². The summed E-state index contributed by atoms with van der Waals surface area (Å²) in [4.78, 5) is 13.5. The normalized spacial score (nSPS) is 12.9. The predicted molar refractivity (Wildman–Crippen MR) is 313 cm³/mol. The van der Waals surface area contributed by atoms with Crippen LogP contribution in [0.5, 0.6) is 0 Å². The van der Waals surface area contributed by atoms with Crippen molar-refractivity contribution in [3.63, 3.8) is 0 Å². The maximum Gasteiger partial charge on any atom is 0.392 e. The molecular formula is C57H124O6Si5. The Kier molecular flexibility index (Phi) is 44.0. The summed E-state index contributed by atoms with van der Waals surface area (Å²) in [5.74, 6) is -0.150. The van der Waals surface area contributed by atoms with Crippen molar-refractivity contribution in [1.29, 1.82) is 0 Å². The number of rotatable bonds is 53. The highest BCUT2D eigenvalue weighted by molar-refractivity contribution is 6.92. The molecule has 408 valence electrons. The number of hydrogen-bond acceptors (Lipinski definition) is 6. The molecule has 0 radical (unpaired) electrons. The highest BCUT2D eigenvalue weighted by atomic mass is 28.5. The second kappa shape index (κ2) is 43.8. The van der Waals surface area contributed by atoms with Gasteiger partial charge < -0.3 is 20.9 Å². The highest BCUT2D eigenvalue weighted by Gasteiger charge is 2.58. The standard InChI is InChI=1S/C57H124O6Si5/c1-13-24-35-46-64(47-36-25-14-2,48-37-26-15-3)60-66(51-40-29-18-6,52-41-30-19-7)62-68(55-44-33-22-10,56-45-34-23-11)63-67(53-42-31-20-8,54-43-32-21-9)61-65(59-57(12)58,49-38-27-16-4)50-39-28-17-5/h13-56H2,1-12H3. The van der Waals surface area contributed by atoms with Crippen molar-refractivity contribution in [3.8, 4) is 0 Å². The lowest BCUT2D eigenvalue weighted by Crippen LogP contribution is -2.65. The van der Waals surface area contributed by atoms with Crippen LogP contribution < -0.4 is 0 Å². The van der Waals surface area contributed by atoms with Crippen LogP contribution in [-0.4, -0.2) is 48.5 Å². The summed E-state index contributed by atoms with van der Waals surface area (Å²) in [7, 11) is -14.2. The summed E-state index contributed by atoms with van der Waals surface area (Å²) in [6, 6.07) is 12.0. The van der Waals surface area contributed by atoms with Gasteiger partial charge >= 0.3 is 34.2 Å². The molecule has 0 spiro atoms. The summed E-state index contributed by atoms with van der Waals surface area (Å²) in [6.45, 7) is 27.6. The van der Waals surface area contributed by atoms with Crippen molar-refractivity contribution >= 4 is 48.5 Å². The number of carbonyl (C=O) groups excluding carboxylic acids is 1. The molecule has 0 aromatic heterocycles. The zero-order chi connectivity index (χ0) is 50.7. The molecule has 0 atom stereocenters. The van der Waals surface area contributed by atoms with E-state index >= 15 is 0 Å². The van der Waals surface area contributed by atoms with Crippen molar-refractivity contribution < 1.29 is 25.7 Å². The van der Waals surface area contributed by atoms with Crippen LogP contribution >= 0.6 is 0 Å². The molecule has 0 aliphatic heterocycles. The van der Waals surface area contributed by atoms with Crippen LogP contribution in [0, 0.1) is 0 Å². The second-order valence-electron chi connectivity index (χ2n) is 21.9. The first-order chi connectivity index (χ1) is 32.9. The van der Waals surface area contributed by atoms with Gasteiger partial charge in [-0.3, -0.25) is 4.79 Å². The molecule has 11 heteroatoms. The first-order valence-electron chi connectivity index (χ1n) is 30.9. The number of carbonyl (C=O) groups is 1. The minimum atomic E-state index is -3.06. The van der Waals surface area contributed by atoms with E-state index in [-0.39, 0.29) is 5.97 Å². The third-order valence-corrected chi connectivity index (χ3v) is 40.4. The molecule has 0 N–H and O–H groups in total. The monoisotopic (exact) mass is 1040 g/mol. The summed E-state index contributed by atoms with van der Waals surface area (Å²) in [6.07, 6.45) is 39.7. The third kappa shape index (κ3) is 31.2. The molecule has 0 aromatic rings. The smallest absolute Gasteiger partial charge is 0.392 e. The largest absolute Gasteiger partial charge is 0.495 e. The van der Waals surface area contributed by atoms with E-state index in [2.05, 4.69) is 76.2 Å². The van der Waals surface area contributed by atoms with Gasteiger partial charge in [-0.15, -0.1) is 0 Å². The van der Waals surface area contributed by atoms with E-state index in [1.165, 1.54) is 166 Å². The van der Waals surface area contributed by atoms with Crippen LogP contribution in [0.4, 0.5) is 0 Å². The Hall–Kier alpha value is 0.394. The minimum absolute atomic E-state index is 0.150. The predicted octanol–water partition coefficient (Wildman–Crippen LogP) is 21.4. The van der Waals surface area contributed by atoms with Crippen LogP contribution in [-0.2, 0) is 25.7 Å². The lowest BCUT2D eigenvalue weighted by atomic mass is 10.3. The van der Waals surface area contributed by atoms with Gasteiger partial charge in [-0.25, -0.2) is 0 Å². The quantitative estimate of drug-likeness (QED) is 0.0447. The Morgan fingerprint density at radius 3 is 0.632 bits per heavy atom. The van der Waals surface area contributed by atoms with Crippen molar-refractivity contribution in [2.45, 2.75) is 361 Å². The molecular weight excluding hydrogens is 921 g/mol. The van der Waals surface area contributed by atoms with E-state index in [0.29, 0.717) is 0 Å². The fraction of sp³-hybridized carbons (Fsp3) is 0.982. The Morgan fingerprint density at radius 1 is 0.250 bits per heavy atom. The van der Waals surface area contributed by atoms with Crippen molar-refractivity contribution in [3.05, 3.63) is 0 Å². The zero-order valence-corrected chi connectivity index (χ0v) is 53.6. The maximum atomic E-state index is 13.5. The van der Waals surface area contributed by atoms with E-state index in [0.717, 1.165) is 113 Å². The molecule has 0 aromatic carbocycles. The lowest BCUT2D eigenvalue weighted by Gasteiger charge is -2.50. The summed E-state index contributed by atoms with van der Waals surface area (Å²) in [5.41, 5.74) is 0. The highest BCUT2D eigenvalue weighted by Crippen LogP contribution is 2.45. The van der Waals surface area contributed by atoms with Gasteiger partial charge in [0.2, 0.25) is 0 Å². The topological polar surface area (TPSA) is 63.2 Å². The van der Waals surface area contributed by atoms with Gasteiger partial charge in [0.15, 0.2) is 8.32 Å². The molecule has 0 saturated heterocycles. The van der Waals surface area contributed by atoms with Crippen molar-refractivity contribution in [1.82, 2.24) is 0 Å². The average molecular weight is 1050 g/mol. The van der Waals surface area contributed by atoms with Gasteiger partial charge in [-0.2, -0.15) is 0 Å². The molecule has 0 amide bonds. The first kappa shape index (κ1) is 68.4. The molecule has 0 aliphatic carbocycles. The van der Waals surface area contributed by atoms with E-state index in [1.54, 1.807) is 6.92 Å². The third-order valence-electron chi connectivity index (χ3n) is 14.8. The molecule has 68 heavy (non-hydrogen) atoms. The van der Waals surface area contributed by atoms with Crippen LogP contribution in [0.25, 0.3) is 0 Å². The fourth-order valence-electron chi connectivity index (χ4n) is 10.8. The summed E-state index contributed by atoms with van der Waals surface area (Å²) < 4.78 is 41.2. The molecule has 0 aliphatic rings. The van der Waals surface area contributed by atoms with Crippen LogP contribution in [0.1, 0.15) is 295 Å². The van der Waals surface area contributed by atoms with E-state index in [1.807, 2.05) is 0 Å². The van der Waals surface area contributed by atoms with Crippen molar-refractivity contribution in [2.75, 3.05) is 0 Å². The van der Waals surface area contributed by atoms with Crippen molar-refractivity contribution in [2.24, 2.45) is 0 Å². The van der Waals surface area contributed by atoms with Gasteiger partial charge in [0.05, 0.1) is 0 Å². The van der Waals surface area contributed by atoms with Gasteiger partial charge in [0, 0.05) is 19.0 Å².